The minimum atomic E-state index is -3.53. The van der Waals surface area contributed by atoms with E-state index in [-0.39, 0.29) is 11.0 Å². The number of hydrogen-bond acceptors (Lipinski definition) is 3. The zero-order valence-electron chi connectivity index (χ0n) is 14.1. The van der Waals surface area contributed by atoms with Crippen molar-refractivity contribution >= 4 is 9.84 Å². The maximum Gasteiger partial charge on any atom is 0.206 e. The highest BCUT2D eigenvalue weighted by Crippen LogP contribution is 2.26. The standard InChI is InChI=1S/C19H24O3S/c1-5-15(4)22-17-7-6-8-19(13-17)23(20,21)18-11-9-16(10-12-18)14(2)3/h6-15H,5H2,1-4H3. The van der Waals surface area contributed by atoms with Crippen molar-refractivity contribution in [2.24, 2.45) is 0 Å². The highest BCUT2D eigenvalue weighted by Gasteiger charge is 2.18. The third kappa shape index (κ3) is 4.14. The van der Waals surface area contributed by atoms with Gasteiger partial charge in [-0.25, -0.2) is 8.42 Å². The molecule has 3 nitrogen and oxygen atoms in total. The molecule has 0 bridgehead atoms. The van der Waals surface area contributed by atoms with E-state index in [0.717, 1.165) is 12.0 Å². The predicted octanol–water partition coefficient (Wildman–Crippen LogP) is 4.82. The Morgan fingerprint density at radius 1 is 0.957 bits per heavy atom. The van der Waals surface area contributed by atoms with E-state index in [4.69, 9.17) is 4.74 Å². The zero-order valence-corrected chi connectivity index (χ0v) is 14.9. The van der Waals surface area contributed by atoms with E-state index in [1.165, 1.54) is 0 Å². The van der Waals surface area contributed by atoms with E-state index in [1.807, 2.05) is 26.0 Å². The Morgan fingerprint density at radius 3 is 2.17 bits per heavy atom. The van der Waals surface area contributed by atoms with Gasteiger partial charge in [-0.05, 0) is 55.2 Å². The molecule has 0 aliphatic heterocycles. The molecule has 0 fully saturated rings. The lowest BCUT2D eigenvalue weighted by Gasteiger charge is -2.14. The Kier molecular flexibility index (Phi) is 5.47. The topological polar surface area (TPSA) is 43.4 Å². The fourth-order valence-electron chi connectivity index (χ4n) is 2.20. The molecule has 0 aromatic heterocycles. The van der Waals surface area contributed by atoms with E-state index in [9.17, 15) is 8.42 Å². The van der Waals surface area contributed by atoms with E-state index in [0.29, 0.717) is 16.6 Å². The van der Waals surface area contributed by atoms with Crippen LogP contribution < -0.4 is 4.74 Å². The van der Waals surface area contributed by atoms with Crippen LogP contribution in [0.1, 0.15) is 45.6 Å². The number of ether oxygens (including phenoxy) is 1. The van der Waals surface area contributed by atoms with E-state index >= 15 is 0 Å². The zero-order chi connectivity index (χ0) is 17.0. The summed E-state index contributed by atoms with van der Waals surface area (Å²) in [6, 6.07) is 13.8. The highest BCUT2D eigenvalue weighted by atomic mass is 32.2. The summed E-state index contributed by atoms with van der Waals surface area (Å²) in [5, 5.41) is 0. The maximum atomic E-state index is 12.8. The van der Waals surface area contributed by atoms with Crippen molar-refractivity contribution in [1.82, 2.24) is 0 Å². The van der Waals surface area contributed by atoms with E-state index < -0.39 is 9.84 Å². The van der Waals surface area contributed by atoms with Crippen LogP contribution in [0.2, 0.25) is 0 Å². The molecule has 2 rings (SSSR count). The first-order valence-electron chi connectivity index (χ1n) is 7.96. The van der Waals surface area contributed by atoms with Crippen molar-refractivity contribution in [2.75, 3.05) is 0 Å². The fourth-order valence-corrected chi connectivity index (χ4v) is 3.49. The van der Waals surface area contributed by atoms with Crippen molar-refractivity contribution in [3.8, 4) is 5.75 Å². The second kappa shape index (κ2) is 7.18. The van der Waals surface area contributed by atoms with Gasteiger partial charge in [0.1, 0.15) is 5.75 Å². The van der Waals surface area contributed by atoms with Crippen molar-refractivity contribution in [1.29, 1.82) is 0 Å². The third-order valence-corrected chi connectivity index (χ3v) is 5.65. The fraction of sp³-hybridized carbons (Fsp3) is 0.368. The van der Waals surface area contributed by atoms with Crippen LogP contribution in [0, 0.1) is 0 Å². The summed E-state index contributed by atoms with van der Waals surface area (Å²) >= 11 is 0. The van der Waals surface area contributed by atoms with Gasteiger partial charge in [0.2, 0.25) is 9.84 Å². The summed E-state index contributed by atoms with van der Waals surface area (Å²) in [5.74, 6) is 0.957. The van der Waals surface area contributed by atoms with Crippen molar-refractivity contribution in [3.05, 3.63) is 54.1 Å². The van der Waals surface area contributed by atoms with Crippen molar-refractivity contribution in [3.63, 3.8) is 0 Å². The molecule has 23 heavy (non-hydrogen) atoms. The summed E-state index contributed by atoms with van der Waals surface area (Å²) in [6.45, 7) is 8.16. The van der Waals surface area contributed by atoms with Gasteiger partial charge in [0.15, 0.2) is 0 Å². The molecule has 0 radical (unpaired) electrons. The van der Waals surface area contributed by atoms with Gasteiger partial charge in [0, 0.05) is 0 Å². The summed E-state index contributed by atoms with van der Waals surface area (Å²) in [5.41, 5.74) is 1.12. The first-order chi connectivity index (χ1) is 10.8. The van der Waals surface area contributed by atoms with Crippen molar-refractivity contribution < 1.29 is 13.2 Å². The minimum Gasteiger partial charge on any atom is -0.491 e. The predicted molar refractivity (Wildman–Crippen MR) is 92.8 cm³/mol. The van der Waals surface area contributed by atoms with Crippen LogP contribution in [-0.4, -0.2) is 14.5 Å². The van der Waals surface area contributed by atoms with Gasteiger partial charge in [-0.2, -0.15) is 0 Å². The molecule has 0 saturated carbocycles. The summed E-state index contributed by atoms with van der Waals surface area (Å²) in [4.78, 5) is 0.568. The van der Waals surface area contributed by atoms with Crippen LogP contribution in [0.5, 0.6) is 5.75 Å². The Morgan fingerprint density at radius 2 is 1.61 bits per heavy atom. The molecule has 0 aliphatic carbocycles. The largest absolute Gasteiger partial charge is 0.491 e. The van der Waals surface area contributed by atoms with Gasteiger partial charge >= 0.3 is 0 Å². The molecule has 2 aromatic rings. The number of benzene rings is 2. The molecule has 1 unspecified atom stereocenters. The molecule has 0 aliphatic rings. The quantitative estimate of drug-likeness (QED) is 0.761. The maximum absolute atomic E-state index is 12.8. The van der Waals surface area contributed by atoms with Crippen LogP contribution >= 0.6 is 0 Å². The van der Waals surface area contributed by atoms with Crippen LogP contribution in [0.4, 0.5) is 0 Å². The monoisotopic (exact) mass is 332 g/mol. The second-order valence-corrected chi connectivity index (χ2v) is 7.99. The molecular weight excluding hydrogens is 308 g/mol. The van der Waals surface area contributed by atoms with Gasteiger partial charge < -0.3 is 4.74 Å². The summed E-state index contributed by atoms with van der Waals surface area (Å²) in [7, 11) is -3.53. The van der Waals surface area contributed by atoms with Gasteiger partial charge in [-0.15, -0.1) is 0 Å². The second-order valence-electron chi connectivity index (χ2n) is 6.04. The van der Waals surface area contributed by atoms with Crippen molar-refractivity contribution in [2.45, 2.75) is 55.9 Å². The summed E-state index contributed by atoms with van der Waals surface area (Å²) < 4.78 is 31.3. The lowest BCUT2D eigenvalue weighted by Crippen LogP contribution is -2.10. The van der Waals surface area contributed by atoms with E-state index in [2.05, 4.69) is 13.8 Å². The molecule has 2 aromatic carbocycles. The Bertz CT molecular complexity index is 746. The van der Waals surface area contributed by atoms with Gasteiger partial charge in [-0.1, -0.05) is 39.0 Å². The highest BCUT2D eigenvalue weighted by molar-refractivity contribution is 7.91. The SMILES string of the molecule is CCC(C)Oc1cccc(S(=O)(=O)c2ccc(C(C)C)cc2)c1. The first-order valence-corrected chi connectivity index (χ1v) is 9.44. The molecule has 4 heteroatoms. The van der Waals surface area contributed by atoms with Crippen LogP contribution in [0.25, 0.3) is 0 Å². The Hall–Kier alpha value is -1.81. The average molecular weight is 332 g/mol. The van der Waals surface area contributed by atoms with Gasteiger partial charge in [0.05, 0.1) is 15.9 Å². The molecule has 0 amide bonds. The average Bonchev–Trinajstić information content (AvgIpc) is 2.55. The molecule has 0 saturated heterocycles. The molecule has 0 spiro atoms. The molecule has 1 atom stereocenters. The number of hydrogen-bond donors (Lipinski definition) is 0. The van der Waals surface area contributed by atoms with Crippen LogP contribution in [0.3, 0.4) is 0 Å². The molecule has 0 N–H and O–H groups in total. The first kappa shape index (κ1) is 17.5. The van der Waals surface area contributed by atoms with Gasteiger partial charge in [0.25, 0.3) is 0 Å². The van der Waals surface area contributed by atoms with Crippen LogP contribution in [0.15, 0.2) is 58.3 Å². The Balaban J connectivity index is 2.34. The summed E-state index contributed by atoms with van der Waals surface area (Å²) in [6.07, 6.45) is 0.923. The van der Waals surface area contributed by atoms with Gasteiger partial charge in [-0.3, -0.25) is 0 Å². The normalized spacial score (nSPS) is 13.1. The number of sulfone groups is 1. The minimum absolute atomic E-state index is 0.0540. The molecular formula is C19H24O3S. The number of rotatable bonds is 6. The smallest absolute Gasteiger partial charge is 0.206 e. The lowest BCUT2D eigenvalue weighted by atomic mass is 10.0. The van der Waals surface area contributed by atoms with E-state index in [1.54, 1.807) is 36.4 Å². The Labute approximate surface area is 139 Å². The molecule has 0 heterocycles. The lowest BCUT2D eigenvalue weighted by molar-refractivity contribution is 0.217. The third-order valence-electron chi connectivity index (χ3n) is 3.89. The molecule has 124 valence electrons. The van der Waals surface area contributed by atoms with Crippen LogP contribution in [-0.2, 0) is 9.84 Å².